The fraction of sp³-hybridized carbons (Fsp3) is 0.224. The minimum Gasteiger partial charge on any atom is -0.316 e. The van der Waals surface area contributed by atoms with E-state index >= 15 is 0 Å². The number of aryl methyl sites for hydroxylation is 3. The lowest BCUT2D eigenvalue weighted by atomic mass is 10.0. The maximum atomic E-state index is 13.8. The standard InChI is InChI=1S/C25H25F3N2O.C24H22F4N2O/c1-17-8-13-22(16-18(17)2)30(24(31)23(29)20-6-4-3-5-7-20)15-14-19-9-11-21(12-10-19)25(26,27)28;1-16-15-20(11-12-21(16)25)30(23(31)22(29)18-5-3-2-4-6-18)14-13-17-7-9-19(10-8-17)24(26,27)28/h3-13,16,23H,14-15,29H2,1-2H3;2-12,15,22H,13-14,29H2,1H3. The van der Waals surface area contributed by atoms with Gasteiger partial charge in [0.25, 0.3) is 0 Å². The summed E-state index contributed by atoms with van der Waals surface area (Å²) < 4.78 is 90.5. The van der Waals surface area contributed by atoms with Crippen LogP contribution in [0.3, 0.4) is 0 Å². The highest BCUT2D eigenvalue weighted by molar-refractivity contribution is 5.98. The van der Waals surface area contributed by atoms with Crippen molar-refractivity contribution >= 4 is 23.2 Å². The number of alkyl halides is 6. The zero-order valence-electron chi connectivity index (χ0n) is 34.4. The first-order chi connectivity index (χ1) is 29.3. The summed E-state index contributed by atoms with van der Waals surface area (Å²) in [5, 5.41) is 0. The van der Waals surface area contributed by atoms with Crippen LogP contribution in [0.25, 0.3) is 0 Å². The Labute approximate surface area is 356 Å². The Morgan fingerprint density at radius 3 is 1.23 bits per heavy atom. The molecule has 0 aliphatic rings. The minimum absolute atomic E-state index is 0.176. The van der Waals surface area contributed by atoms with E-state index in [0.29, 0.717) is 58.6 Å². The molecular formula is C49H47F7N4O2. The maximum Gasteiger partial charge on any atom is 0.416 e. The fourth-order valence-electron chi connectivity index (χ4n) is 6.57. The molecule has 0 radical (unpaired) electrons. The molecule has 0 aliphatic heterocycles. The molecule has 2 amide bonds. The molecule has 0 heterocycles. The van der Waals surface area contributed by atoms with Crippen LogP contribution in [0.1, 0.15) is 62.2 Å². The molecule has 0 saturated carbocycles. The first-order valence-electron chi connectivity index (χ1n) is 19.7. The molecule has 2 atom stereocenters. The van der Waals surface area contributed by atoms with Crippen molar-refractivity contribution < 1.29 is 40.3 Å². The lowest BCUT2D eigenvalue weighted by molar-refractivity contribution is -0.138. The van der Waals surface area contributed by atoms with E-state index in [1.807, 2.05) is 56.3 Å². The molecule has 0 aromatic heterocycles. The van der Waals surface area contributed by atoms with Gasteiger partial charge in [-0.05, 0) is 127 Å². The van der Waals surface area contributed by atoms with E-state index in [0.717, 1.165) is 35.4 Å². The lowest BCUT2D eigenvalue weighted by Gasteiger charge is -2.27. The molecule has 6 rings (SSSR count). The summed E-state index contributed by atoms with van der Waals surface area (Å²) in [6.45, 7) is 6.02. The van der Waals surface area contributed by atoms with Crippen LogP contribution in [-0.2, 0) is 34.8 Å². The van der Waals surface area contributed by atoms with E-state index in [4.69, 9.17) is 11.5 Å². The number of anilines is 2. The van der Waals surface area contributed by atoms with Crippen LogP contribution in [-0.4, -0.2) is 24.9 Å². The Bertz CT molecular complexity index is 2240. The normalized spacial score (nSPS) is 12.5. The number of hydrogen-bond donors (Lipinski definition) is 2. The molecule has 2 unspecified atom stereocenters. The van der Waals surface area contributed by atoms with Crippen molar-refractivity contribution in [1.82, 2.24) is 0 Å². The minimum atomic E-state index is -4.41. The molecule has 4 N–H and O–H groups in total. The van der Waals surface area contributed by atoms with Crippen LogP contribution in [0, 0.1) is 26.6 Å². The average Bonchev–Trinajstić information content (AvgIpc) is 3.26. The van der Waals surface area contributed by atoms with Gasteiger partial charge in [0, 0.05) is 24.5 Å². The summed E-state index contributed by atoms with van der Waals surface area (Å²) >= 11 is 0. The van der Waals surface area contributed by atoms with Gasteiger partial charge in [-0.1, -0.05) is 91.0 Å². The van der Waals surface area contributed by atoms with E-state index < -0.39 is 41.4 Å². The summed E-state index contributed by atoms with van der Waals surface area (Å²) in [6, 6.07) is 36.1. The monoisotopic (exact) mass is 856 g/mol. The molecule has 6 aromatic carbocycles. The number of amides is 2. The van der Waals surface area contributed by atoms with Crippen LogP contribution in [0.5, 0.6) is 0 Å². The second-order valence-corrected chi connectivity index (χ2v) is 14.8. The highest BCUT2D eigenvalue weighted by atomic mass is 19.4. The molecule has 0 fully saturated rings. The van der Waals surface area contributed by atoms with Crippen molar-refractivity contribution in [1.29, 1.82) is 0 Å². The highest BCUT2D eigenvalue weighted by Crippen LogP contribution is 2.31. The third kappa shape index (κ3) is 12.4. The van der Waals surface area contributed by atoms with Gasteiger partial charge < -0.3 is 21.3 Å². The van der Waals surface area contributed by atoms with Gasteiger partial charge in [0.2, 0.25) is 11.8 Å². The quantitative estimate of drug-likeness (QED) is 0.120. The third-order valence-electron chi connectivity index (χ3n) is 10.4. The highest BCUT2D eigenvalue weighted by Gasteiger charge is 2.31. The zero-order valence-corrected chi connectivity index (χ0v) is 34.4. The molecule has 62 heavy (non-hydrogen) atoms. The number of hydrogen-bond acceptors (Lipinski definition) is 4. The van der Waals surface area contributed by atoms with Crippen molar-refractivity contribution in [2.24, 2.45) is 11.5 Å². The number of nitrogens with two attached hydrogens (primary N) is 2. The van der Waals surface area contributed by atoms with Crippen LogP contribution in [0.4, 0.5) is 42.1 Å². The SMILES string of the molecule is Cc1cc(N(CCc2ccc(C(F)(F)F)cc2)C(=O)C(N)c2ccccc2)ccc1F.Cc1ccc(N(CCc2ccc(C(F)(F)F)cc2)C(=O)C(N)c2ccccc2)cc1C. The number of benzene rings is 6. The summed E-state index contributed by atoms with van der Waals surface area (Å²) in [6.07, 6.45) is -8.07. The van der Waals surface area contributed by atoms with Crippen molar-refractivity contribution in [3.05, 3.63) is 201 Å². The van der Waals surface area contributed by atoms with Gasteiger partial charge in [0.15, 0.2) is 0 Å². The molecular weight excluding hydrogens is 810 g/mol. The molecule has 6 aromatic rings. The summed E-state index contributed by atoms with van der Waals surface area (Å²) in [7, 11) is 0. The Morgan fingerprint density at radius 2 is 0.871 bits per heavy atom. The molecule has 6 nitrogen and oxygen atoms in total. The van der Waals surface area contributed by atoms with Crippen molar-refractivity contribution in [2.75, 3.05) is 22.9 Å². The Hall–Kier alpha value is -6.31. The van der Waals surface area contributed by atoms with Crippen molar-refractivity contribution in [3.8, 4) is 0 Å². The van der Waals surface area contributed by atoms with Crippen molar-refractivity contribution in [2.45, 2.75) is 58.0 Å². The van der Waals surface area contributed by atoms with E-state index in [-0.39, 0.29) is 18.4 Å². The van der Waals surface area contributed by atoms with Gasteiger partial charge in [0.05, 0.1) is 11.1 Å². The van der Waals surface area contributed by atoms with Crippen LogP contribution in [0.2, 0.25) is 0 Å². The molecule has 324 valence electrons. The smallest absolute Gasteiger partial charge is 0.316 e. The number of rotatable bonds is 12. The molecule has 13 heteroatoms. The number of nitrogens with zero attached hydrogens (tertiary/aromatic N) is 2. The van der Waals surface area contributed by atoms with Gasteiger partial charge in [-0.25, -0.2) is 4.39 Å². The molecule has 0 spiro atoms. The van der Waals surface area contributed by atoms with Gasteiger partial charge in [-0.2, -0.15) is 26.3 Å². The fourth-order valence-corrected chi connectivity index (χ4v) is 6.57. The molecule has 0 aliphatic carbocycles. The van der Waals surface area contributed by atoms with Crippen LogP contribution in [0.15, 0.2) is 146 Å². The van der Waals surface area contributed by atoms with Gasteiger partial charge in [-0.15, -0.1) is 0 Å². The first-order valence-corrected chi connectivity index (χ1v) is 19.7. The number of carbonyl (C=O) groups excluding carboxylic acids is 2. The van der Waals surface area contributed by atoms with E-state index in [2.05, 4.69) is 0 Å². The van der Waals surface area contributed by atoms with Crippen LogP contribution < -0.4 is 21.3 Å². The third-order valence-corrected chi connectivity index (χ3v) is 10.4. The zero-order chi connectivity index (χ0) is 45.2. The molecule has 0 bridgehead atoms. The van der Waals surface area contributed by atoms with E-state index in [1.165, 1.54) is 41.3 Å². The number of carbonyl (C=O) groups is 2. The first kappa shape index (κ1) is 46.8. The summed E-state index contributed by atoms with van der Waals surface area (Å²) in [4.78, 5) is 29.6. The summed E-state index contributed by atoms with van der Waals surface area (Å²) in [5.41, 5.74) is 17.4. The van der Waals surface area contributed by atoms with E-state index in [1.54, 1.807) is 54.3 Å². The van der Waals surface area contributed by atoms with Gasteiger partial charge >= 0.3 is 12.4 Å². The van der Waals surface area contributed by atoms with Crippen LogP contribution >= 0.6 is 0 Å². The molecule has 0 saturated heterocycles. The van der Waals surface area contributed by atoms with Crippen molar-refractivity contribution in [3.63, 3.8) is 0 Å². The maximum absolute atomic E-state index is 13.8. The Kier molecular flexibility index (Phi) is 15.5. The van der Waals surface area contributed by atoms with Gasteiger partial charge in [0.1, 0.15) is 17.9 Å². The summed E-state index contributed by atoms with van der Waals surface area (Å²) in [5.74, 6) is -1.04. The second kappa shape index (κ2) is 20.5. The predicted octanol–water partition coefficient (Wildman–Crippen LogP) is 11.0. The Morgan fingerprint density at radius 1 is 0.500 bits per heavy atom. The Balaban J connectivity index is 0.000000234. The largest absolute Gasteiger partial charge is 0.416 e. The van der Waals surface area contributed by atoms with Gasteiger partial charge in [-0.3, -0.25) is 9.59 Å². The second-order valence-electron chi connectivity index (χ2n) is 14.8. The van der Waals surface area contributed by atoms with E-state index in [9.17, 15) is 40.3 Å². The topological polar surface area (TPSA) is 92.7 Å². The number of halogens is 7. The average molecular weight is 857 g/mol. The predicted molar refractivity (Wildman–Crippen MR) is 229 cm³/mol. The lowest BCUT2D eigenvalue weighted by Crippen LogP contribution is -2.40.